The van der Waals surface area contributed by atoms with Crippen LogP contribution in [0.15, 0.2) is 42.5 Å². The van der Waals surface area contributed by atoms with E-state index in [0.717, 1.165) is 25.7 Å². The summed E-state index contributed by atoms with van der Waals surface area (Å²) < 4.78 is 0. The van der Waals surface area contributed by atoms with E-state index in [4.69, 9.17) is 0 Å². The molecule has 1 aliphatic carbocycles. The Balaban J connectivity index is 2.41. The number of hydrogen-bond donors (Lipinski definition) is 0. The van der Waals surface area contributed by atoms with Gasteiger partial charge >= 0.3 is 0 Å². The zero-order valence-corrected chi connectivity index (χ0v) is 7.37. The molecule has 0 spiro atoms. The van der Waals surface area contributed by atoms with Crippen LogP contribution in [0.3, 0.4) is 0 Å². The van der Waals surface area contributed by atoms with Crippen molar-refractivity contribution in [2.24, 2.45) is 0 Å². The zero-order valence-electron chi connectivity index (χ0n) is 7.37. The average Bonchev–Trinajstić information content (AvgIpc) is 2.05. The normalized spacial score (nSPS) is 18.7. The Morgan fingerprint density at radius 2 is 1.67 bits per heavy atom. The number of rotatable bonds is 0. The van der Waals surface area contributed by atoms with Gasteiger partial charge in [0.2, 0.25) is 0 Å². The molecule has 0 heteroatoms. The molecule has 0 amide bonds. The van der Waals surface area contributed by atoms with Crippen LogP contribution < -0.4 is 0 Å². The molecule has 1 rings (SSSR count). The predicted octanol–water partition coefficient (Wildman–Crippen LogP) is 3.59. The van der Waals surface area contributed by atoms with Crippen molar-refractivity contribution in [3.63, 3.8) is 0 Å². The van der Waals surface area contributed by atoms with E-state index in [1.807, 2.05) is 6.08 Å². The molecule has 0 saturated heterocycles. The van der Waals surface area contributed by atoms with Crippen LogP contribution in [0.4, 0.5) is 0 Å². The van der Waals surface area contributed by atoms with Gasteiger partial charge in [-0.2, -0.15) is 0 Å². The lowest BCUT2D eigenvalue weighted by molar-refractivity contribution is 1.03. The van der Waals surface area contributed by atoms with E-state index >= 15 is 0 Å². The van der Waals surface area contributed by atoms with Crippen molar-refractivity contribution >= 4 is 0 Å². The summed E-state index contributed by atoms with van der Waals surface area (Å²) in [6.45, 7) is 0. The molecule has 0 aromatic carbocycles. The molecule has 1 aliphatic rings. The van der Waals surface area contributed by atoms with Gasteiger partial charge in [0.15, 0.2) is 0 Å². The minimum atomic E-state index is 0.939. The van der Waals surface area contributed by atoms with Gasteiger partial charge in [0, 0.05) is 0 Å². The van der Waals surface area contributed by atoms with Gasteiger partial charge in [-0.3, -0.25) is 0 Å². The summed E-state index contributed by atoms with van der Waals surface area (Å²) in [5.41, 5.74) is 0. The van der Waals surface area contributed by atoms with Crippen molar-refractivity contribution in [2.45, 2.75) is 25.7 Å². The summed E-state index contributed by atoms with van der Waals surface area (Å²) in [4.78, 5) is 0. The fourth-order valence-electron chi connectivity index (χ4n) is 1.04. The van der Waals surface area contributed by atoms with Crippen LogP contribution in [0.25, 0.3) is 0 Å². The standard InChI is InChI=1S/C12H15/c1-2-4-6-8-10-12-11-9-7-5-3-1/h1-3,6,8-9,11H,4,7,10,12H2. The van der Waals surface area contributed by atoms with E-state index < -0.39 is 0 Å². The molecule has 0 aromatic rings. The Labute approximate surface area is 75.0 Å². The Morgan fingerprint density at radius 1 is 0.833 bits per heavy atom. The molecule has 0 nitrogen and oxygen atoms in total. The zero-order chi connectivity index (χ0) is 8.49. The summed E-state index contributed by atoms with van der Waals surface area (Å²) >= 11 is 0. The second-order valence-electron chi connectivity index (χ2n) is 2.76. The molecule has 1 radical (unpaired) electrons. The molecule has 0 bridgehead atoms. The summed E-state index contributed by atoms with van der Waals surface area (Å²) in [5, 5.41) is 0. The van der Waals surface area contributed by atoms with Crippen LogP contribution in [-0.2, 0) is 0 Å². The van der Waals surface area contributed by atoms with Crippen LogP contribution in [0.5, 0.6) is 0 Å². The molecule has 12 heavy (non-hydrogen) atoms. The Kier molecular flexibility index (Phi) is 5.02. The second kappa shape index (κ2) is 6.66. The van der Waals surface area contributed by atoms with Gasteiger partial charge in [0.1, 0.15) is 0 Å². The fourth-order valence-corrected chi connectivity index (χ4v) is 1.04. The molecule has 0 N–H and O–H groups in total. The first-order valence-corrected chi connectivity index (χ1v) is 4.52. The quantitative estimate of drug-likeness (QED) is 0.474. The van der Waals surface area contributed by atoms with Crippen LogP contribution in [0.2, 0.25) is 0 Å². The fraction of sp³-hybridized carbons (Fsp3) is 0.333. The molecule has 0 aliphatic heterocycles. The van der Waals surface area contributed by atoms with E-state index in [0.29, 0.717) is 0 Å². The Hall–Kier alpha value is -1.04. The average molecular weight is 159 g/mol. The summed E-state index contributed by atoms with van der Waals surface area (Å²) in [6.07, 6.45) is 22.5. The highest BCUT2D eigenvalue weighted by molar-refractivity contribution is 5.04. The molecular formula is C12H15. The molecule has 0 heterocycles. The van der Waals surface area contributed by atoms with E-state index in [-0.39, 0.29) is 0 Å². The number of hydrogen-bond acceptors (Lipinski definition) is 0. The summed E-state index contributed by atoms with van der Waals surface area (Å²) in [5.74, 6) is 0. The topological polar surface area (TPSA) is 0 Å². The predicted molar refractivity (Wildman–Crippen MR) is 53.7 cm³/mol. The van der Waals surface area contributed by atoms with Crippen molar-refractivity contribution < 1.29 is 0 Å². The smallest absolute Gasteiger partial charge is 0.00946 e. The SMILES string of the molecule is [C]1=CC=CCC=CCCC=CC1. The maximum atomic E-state index is 3.18. The Morgan fingerprint density at radius 3 is 2.58 bits per heavy atom. The highest BCUT2D eigenvalue weighted by atomic mass is 13.8. The van der Waals surface area contributed by atoms with Gasteiger partial charge in [-0.05, 0) is 31.8 Å². The van der Waals surface area contributed by atoms with Gasteiger partial charge < -0.3 is 0 Å². The first kappa shape index (κ1) is 9.05. The Bertz CT molecular complexity index is 180. The van der Waals surface area contributed by atoms with Crippen molar-refractivity contribution in [3.8, 4) is 0 Å². The van der Waals surface area contributed by atoms with Gasteiger partial charge in [-0.1, -0.05) is 42.5 Å². The van der Waals surface area contributed by atoms with Crippen LogP contribution in [-0.4, -0.2) is 0 Å². The third-order valence-electron chi connectivity index (χ3n) is 1.69. The molecule has 0 unspecified atom stereocenters. The van der Waals surface area contributed by atoms with Crippen LogP contribution >= 0.6 is 0 Å². The lowest BCUT2D eigenvalue weighted by Crippen LogP contribution is -1.68. The van der Waals surface area contributed by atoms with E-state index in [1.54, 1.807) is 0 Å². The molecule has 0 fully saturated rings. The van der Waals surface area contributed by atoms with Crippen molar-refractivity contribution in [1.82, 2.24) is 0 Å². The molecular weight excluding hydrogens is 144 g/mol. The van der Waals surface area contributed by atoms with Crippen molar-refractivity contribution in [1.29, 1.82) is 0 Å². The van der Waals surface area contributed by atoms with Crippen LogP contribution in [0.1, 0.15) is 25.7 Å². The minimum Gasteiger partial charge on any atom is -0.0879 e. The first-order valence-electron chi connectivity index (χ1n) is 4.52. The van der Waals surface area contributed by atoms with Crippen LogP contribution in [0, 0.1) is 6.08 Å². The van der Waals surface area contributed by atoms with E-state index in [2.05, 4.69) is 42.5 Å². The minimum absolute atomic E-state index is 0.939. The van der Waals surface area contributed by atoms with Gasteiger partial charge in [-0.15, -0.1) is 0 Å². The highest BCUT2D eigenvalue weighted by Crippen LogP contribution is 1.98. The summed E-state index contributed by atoms with van der Waals surface area (Å²) in [7, 11) is 0. The second-order valence-corrected chi connectivity index (χ2v) is 2.76. The van der Waals surface area contributed by atoms with Crippen molar-refractivity contribution in [2.75, 3.05) is 0 Å². The van der Waals surface area contributed by atoms with Gasteiger partial charge in [-0.25, -0.2) is 0 Å². The largest absolute Gasteiger partial charge is 0.0879 e. The molecule has 0 atom stereocenters. The van der Waals surface area contributed by atoms with Crippen molar-refractivity contribution in [3.05, 3.63) is 48.6 Å². The molecule has 0 saturated carbocycles. The van der Waals surface area contributed by atoms with Gasteiger partial charge in [0.25, 0.3) is 0 Å². The van der Waals surface area contributed by atoms with E-state index in [9.17, 15) is 0 Å². The molecule has 0 aromatic heterocycles. The monoisotopic (exact) mass is 159 g/mol. The lowest BCUT2D eigenvalue weighted by atomic mass is 10.2. The number of allylic oxidation sites excluding steroid dienone is 8. The maximum Gasteiger partial charge on any atom is -0.00946 e. The first-order chi connectivity index (χ1) is 6.00. The van der Waals surface area contributed by atoms with E-state index in [1.165, 1.54) is 0 Å². The highest BCUT2D eigenvalue weighted by Gasteiger charge is 1.78. The molecule has 63 valence electrons. The lowest BCUT2D eigenvalue weighted by Gasteiger charge is -1.88. The summed E-state index contributed by atoms with van der Waals surface area (Å²) in [6, 6.07) is 0. The maximum absolute atomic E-state index is 3.18. The van der Waals surface area contributed by atoms with Gasteiger partial charge in [0.05, 0.1) is 0 Å². The third-order valence-corrected chi connectivity index (χ3v) is 1.69. The third kappa shape index (κ3) is 4.73.